The van der Waals surface area contributed by atoms with Crippen LogP contribution in [0.25, 0.3) is 5.69 Å². The van der Waals surface area contributed by atoms with Crippen LogP contribution in [0.15, 0.2) is 35.1 Å². The highest BCUT2D eigenvalue weighted by Gasteiger charge is 2.31. The van der Waals surface area contributed by atoms with Crippen LogP contribution in [-0.2, 0) is 15.7 Å². The van der Waals surface area contributed by atoms with Crippen LogP contribution in [0.2, 0.25) is 0 Å². The maximum Gasteiger partial charge on any atom is 0.416 e. The second-order valence-electron chi connectivity index (χ2n) is 7.43. The Morgan fingerprint density at radius 3 is 2.48 bits per heavy atom. The van der Waals surface area contributed by atoms with E-state index in [4.69, 9.17) is 0 Å². The average molecular weight is 439 g/mol. The largest absolute Gasteiger partial charge is 0.469 e. The van der Waals surface area contributed by atoms with E-state index in [0.29, 0.717) is 0 Å². The second-order valence-corrected chi connectivity index (χ2v) is 7.43. The lowest BCUT2D eigenvalue weighted by molar-refractivity contribution is -0.141. The molecule has 0 radical (unpaired) electrons. The molecule has 0 unspecified atom stereocenters. The van der Waals surface area contributed by atoms with Crippen LogP contribution in [0.1, 0.15) is 42.0 Å². The van der Waals surface area contributed by atoms with E-state index in [9.17, 15) is 27.6 Å². The molecule has 1 aromatic carbocycles. The molecule has 0 spiro atoms. The Labute approximate surface area is 177 Å². The summed E-state index contributed by atoms with van der Waals surface area (Å²) in [5.74, 6) is -1.18. The monoisotopic (exact) mass is 439 g/mol. The first kappa shape index (κ1) is 24.1. The maximum atomic E-state index is 13.1. The summed E-state index contributed by atoms with van der Waals surface area (Å²) in [4.78, 5) is 38.3. The van der Waals surface area contributed by atoms with Crippen molar-refractivity contribution in [2.24, 2.45) is 5.92 Å². The van der Waals surface area contributed by atoms with Gasteiger partial charge in [0.15, 0.2) is 5.69 Å². The number of ether oxygens (including phenoxy) is 1. The minimum absolute atomic E-state index is 0.0161. The molecule has 7 nitrogen and oxygen atoms in total. The molecule has 0 saturated heterocycles. The van der Waals surface area contributed by atoms with Gasteiger partial charge in [-0.15, -0.1) is 0 Å². The lowest BCUT2D eigenvalue weighted by atomic mass is 10.1. The van der Waals surface area contributed by atoms with Crippen LogP contribution in [0.4, 0.5) is 13.2 Å². The van der Waals surface area contributed by atoms with Gasteiger partial charge in [0.25, 0.3) is 5.91 Å². The van der Waals surface area contributed by atoms with Gasteiger partial charge in [-0.05, 0) is 31.0 Å². The second kappa shape index (κ2) is 9.76. The first-order valence-electron chi connectivity index (χ1n) is 9.58. The van der Waals surface area contributed by atoms with E-state index in [-0.39, 0.29) is 36.8 Å². The molecule has 10 heteroatoms. The normalized spacial score (nSPS) is 11.5. The fraction of sp³-hybridized carbons (Fsp3) is 0.429. The number of carbonyl (C=O) groups excluding carboxylic acids is 2. The molecule has 2 rings (SSSR count). The van der Waals surface area contributed by atoms with E-state index in [1.165, 1.54) is 31.1 Å². The fourth-order valence-electron chi connectivity index (χ4n) is 2.97. The Morgan fingerprint density at radius 1 is 1.23 bits per heavy atom. The molecule has 168 valence electrons. The molecular formula is C21H24F3N3O4. The van der Waals surface area contributed by atoms with Crippen LogP contribution in [-0.4, -0.2) is 46.8 Å². The summed E-state index contributed by atoms with van der Waals surface area (Å²) in [6, 6.07) is 5.58. The van der Waals surface area contributed by atoms with Crippen molar-refractivity contribution in [3.05, 3.63) is 57.5 Å². The number of hydrogen-bond acceptors (Lipinski definition) is 5. The van der Waals surface area contributed by atoms with Crippen molar-refractivity contribution in [3.8, 4) is 5.69 Å². The topological polar surface area (TPSA) is 81.5 Å². The predicted molar refractivity (Wildman–Crippen MR) is 107 cm³/mol. The predicted octanol–water partition coefficient (Wildman–Crippen LogP) is 3.22. The lowest BCUT2D eigenvalue weighted by Crippen LogP contribution is -2.39. The first-order valence-corrected chi connectivity index (χ1v) is 9.58. The van der Waals surface area contributed by atoms with Gasteiger partial charge < -0.3 is 9.64 Å². The third-order valence-electron chi connectivity index (χ3n) is 4.41. The molecule has 31 heavy (non-hydrogen) atoms. The van der Waals surface area contributed by atoms with Crippen LogP contribution >= 0.6 is 0 Å². The van der Waals surface area contributed by atoms with E-state index in [1.807, 2.05) is 13.8 Å². The van der Waals surface area contributed by atoms with E-state index >= 15 is 0 Å². The summed E-state index contributed by atoms with van der Waals surface area (Å²) in [6.07, 6.45) is -4.62. The number of aromatic nitrogens is 2. The number of hydrogen-bond donors (Lipinski definition) is 0. The third kappa shape index (κ3) is 6.16. The van der Waals surface area contributed by atoms with Gasteiger partial charge in [-0.3, -0.25) is 14.4 Å². The van der Waals surface area contributed by atoms with Gasteiger partial charge in [0.2, 0.25) is 5.43 Å². The summed E-state index contributed by atoms with van der Waals surface area (Å²) in [5.41, 5.74) is -1.64. The minimum atomic E-state index is -4.55. The van der Waals surface area contributed by atoms with Crippen LogP contribution in [0.3, 0.4) is 0 Å². The summed E-state index contributed by atoms with van der Waals surface area (Å²) < 4.78 is 45.0. The van der Waals surface area contributed by atoms with Crippen molar-refractivity contribution in [3.63, 3.8) is 0 Å². The van der Waals surface area contributed by atoms with Crippen molar-refractivity contribution in [2.45, 2.75) is 33.4 Å². The number of amides is 1. The van der Waals surface area contributed by atoms with Crippen LogP contribution in [0.5, 0.6) is 0 Å². The quantitative estimate of drug-likeness (QED) is 0.619. The molecule has 0 fully saturated rings. The summed E-state index contributed by atoms with van der Waals surface area (Å²) in [7, 11) is 1.23. The first-order chi connectivity index (χ1) is 14.4. The van der Waals surface area contributed by atoms with Gasteiger partial charge in [0.05, 0.1) is 24.8 Å². The molecule has 0 saturated carbocycles. The minimum Gasteiger partial charge on any atom is -0.469 e. The zero-order valence-corrected chi connectivity index (χ0v) is 17.7. The smallest absolute Gasteiger partial charge is 0.416 e. The van der Waals surface area contributed by atoms with Gasteiger partial charge in [-0.2, -0.15) is 18.3 Å². The maximum absolute atomic E-state index is 13.1. The van der Waals surface area contributed by atoms with Crippen molar-refractivity contribution >= 4 is 11.9 Å². The molecular weight excluding hydrogens is 415 g/mol. The number of methoxy groups -OCH3 is 1. The molecule has 1 aromatic heterocycles. The van der Waals surface area contributed by atoms with E-state index in [2.05, 4.69) is 9.84 Å². The molecule has 0 bridgehead atoms. The van der Waals surface area contributed by atoms with Crippen molar-refractivity contribution in [1.29, 1.82) is 0 Å². The Kier molecular flexibility index (Phi) is 7.59. The molecule has 0 aliphatic rings. The Balaban J connectivity index is 2.48. The summed E-state index contributed by atoms with van der Waals surface area (Å²) in [6.45, 7) is 5.51. The van der Waals surface area contributed by atoms with Crippen molar-refractivity contribution < 1.29 is 27.5 Å². The van der Waals surface area contributed by atoms with Crippen LogP contribution < -0.4 is 5.43 Å². The van der Waals surface area contributed by atoms with Gasteiger partial charge in [-0.1, -0.05) is 19.9 Å². The molecule has 0 N–H and O–H groups in total. The molecule has 1 amide bonds. The van der Waals surface area contributed by atoms with E-state index in [0.717, 1.165) is 22.9 Å². The lowest BCUT2D eigenvalue weighted by Gasteiger charge is -2.24. The standard InChI is InChI=1S/C21H24F3N3O4/c1-13(2)12-26(9-8-18(29)31-4)20(30)19-17(28)10-14(3)27(25-19)16-7-5-6-15(11-16)21(22,23)24/h5-7,10-11,13H,8-9,12H2,1-4H3. The number of alkyl halides is 3. The number of nitrogens with zero attached hydrogens (tertiary/aromatic N) is 3. The highest BCUT2D eigenvalue weighted by Crippen LogP contribution is 2.30. The summed E-state index contributed by atoms with van der Waals surface area (Å²) in [5, 5.41) is 4.07. The molecule has 2 aromatic rings. The van der Waals surface area contributed by atoms with E-state index < -0.39 is 34.7 Å². The number of halogens is 3. The van der Waals surface area contributed by atoms with E-state index in [1.54, 1.807) is 0 Å². The zero-order chi connectivity index (χ0) is 23.3. The molecule has 0 aliphatic heterocycles. The number of rotatable bonds is 7. The van der Waals surface area contributed by atoms with Crippen molar-refractivity contribution in [1.82, 2.24) is 14.7 Å². The van der Waals surface area contributed by atoms with Gasteiger partial charge in [-0.25, -0.2) is 4.68 Å². The highest BCUT2D eigenvalue weighted by molar-refractivity contribution is 5.92. The highest BCUT2D eigenvalue weighted by atomic mass is 19.4. The summed E-state index contributed by atoms with van der Waals surface area (Å²) >= 11 is 0. The third-order valence-corrected chi connectivity index (χ3v) is 4.41. The number of aryl methyl sites for hydroxylation is 1. The van der Waals surface area contributed by atoms with Gasteiger partial charge in [0.1, 0.15) is 0 Å². The molecule has 0 aliphatic carbocycles. The van der Waals surface area contributed by atoms with Gasteiger partial charge >= 0.3 is 12.1 Å². The number of carbonyl (C=O) groups is 2. The SMILES string of the molecule is COC(=O)CCN(CC(C)C)C(=O)c1nn(-c2cccc(C(F)(F)F)c2)c(C)cc1=O. The number of benzene rings is 1. The number of esters is 1. The molecule has 1 heterocycles. The average Bonchev–Trinajstić information content (AvgIpc) is 2.69. The molecule has 0 atom stereocenters. The fourth-order valence-corrected chi connectivity index (χ4v) is 2.97. The zero-order valence-electron chi connectivity index (χ0n) is 17.7. The Bertz CT molecular complexity index is 1020. The van der Waals surface area contributed by atoms with Gasteiger partial charge in [0, 0.05) is 24.8 Å². The Hall–Kier alpha value is -3.17. The Morgan fingerprint density at radius 2 is 1.90 bits per heavy atom. The van der Waals surface area contributed by atoms with Crippen LogP contribution in [0, 0.1) is 12.8 Å². The van der Waals surface area contributed by atoms with Crippen molar-refractivity contribution in [2.75, 3.05) is 20.2 Å².